The molecule has 3 amide bonds. The number of urea groups is 1. The van der Waals surface area contributed by atoms with Crippen LogP contribution in [0, 0.1) is 12.8 Å². The number of benzene rings is 2. The van der Waals surface area contributed by atoms with Crippen LogP contribution in [0.15, 0.2) is 54.6 Å². The Balaban J connectivity index is 1.18. The average Bonchev–Trinajstić information content (AvgIpc) is 3.65. The molecule has 1 saturated heterocycles. The van der Waals surface area contributed by atoms with Crippen LogP contribution < -0.4 is 15.4 Å². The smallest absolute Gasteiger partial charge is 0.324 e. The molecule has 0 radical (unpaired) electrons. The molecule has 2 heterocycles. The molecule has 1 aliphatic heterocycles. The van der Waals surface area contributed by atoms with Gasteiger partial charge in [-0.1, -0.05) is 38.5 Å². The Kier molecular flexibility index (Phi) is 7.15. The van der Waals surface area contributed by atoms with Crippen molar-refractivity contribution in [2.45, 2.75) is 64.9 Å². The Morgan fingerprint density at radius 2 is 1.58 bits per heavy atom. The number of nitrogens with zero attached hydrogens (tertiary/aromatic N) is 3. The molecular formula is C30H37N5O3. The zero-order valence-electron chi connectivity index (χ0n) is 22.7. The first kappa shape index (κ1) is 25.8. The van der Waals surface area contributed by atoms with Crippen LogP contribution in [-0.2, 0) is 10.2 Å². The third kappa shape index (κ3) is 6.18. The first-order valence-electron chi connectivity index (χ1n) is 13.5. The maximum absolute atomic E-state index is 12.9. The van der Waals surface area contributed by atoms with E-state index in [1.165, 1.54) is 0 Å². The van der Waals surface area contributed by atoms with Gasteiger partial charge in [-0.15, -0.1) is 0 Å². The molecule has 3 aromatic rings. The largest absolute Gasteiger partial charge is 0.490 e. The highest BCUT2D eigenvalue weighted by Gasteiger charge is 2.35. The number of aryl methyl sites for hydroxylation is 1. The Labute approximate surface area is 224 Å². The number of ether oxygens (including phenoxy) is 1. The molecule has 2 aromatic carbocycles. The summed E-state index contributed by atoms with van der Waals surface area (Å²) in [4.78, 5) is 27.1. The molecule has 5 rings (SSSR count). The lowest BCUT2D eigenvalue weighted by Crippen LogP contribution is -2.42. The van der Waals surface area contributed by atoms with Gasteiger partial charge in [0.1, 0.15) is 17.7 Å². The number of anilines is 2. The lowest BCUT2D eigenvalue weighted by Gasteiger charge is -2.32. The van der Waals surface area contributed by atoms with E-state index >= 15 is 0 Å². The van der Waals surface area contributed by atoms with E-state index in [1.54, 1.807) is 4.68 Å². The number of carbonyl (C=O) groups is 2. The van der Waals surface area contributed by atoms with E-state index in [9.17, 15) is 9.59 Å². The molecule has 0 spiro atoms. The first-order valence-corrected chi connectivity index (χ1v) is 13.5. The molecule has 1 saturated carbocycles. The predicted octanol–water partition coefficient (Wildman–Crippen LogP) is 5.90. The number of likely N-dealkylation sites (tertiary alicyclic amines) is 1. The highest BCUT2D eigenvalue weighted by Crippen LogP contribution is 2.32. The van der Waals surface area contributed by atoms with E-state index in [2.05, 4.69) is 31.4 Å². The van der Waals surface area contributed by atoms with Crippen molar-refractivity contribution in [2.24, 2.45) is 5.92 Å². The highest BCUT2D eigenvalue weighted by atomic mass is 16.5. The summed E-state index contributed by atoms with van der Waals surface area (Å²) in [5.74, 6) is 1.94. The van der Waals surface area contributed by atoms with E-state index in [4.69, 9.17) is 9.84 Å². The molecule has 8 nitrogen and oxygen atoms in total. The van der Waals surface area contributed by atoms with Gasteiger partial charge in [0.25, 0.3) is 0 Å². The number of aromatic nitrogens is 2. The molecule has 2 N–H and O–H groups in total. The quantitative estimate of drug-likeness (QED) is 0.428. The van der Waals surface area contributed by atoms with Crippen LogP contribution >= 0.6 is 0 Å². The molecular weight excluding hydrogens is 478 g/mol. The lowest BCUT2D eigenvalue weighted by atomic mass is 9.92. The molecule has 38 heavy (non-hydrogen) atoms. The van der Waals surface area contributed by atoms with Gasteiger partial charge < -0.3 is 15.0 Å². The number of carbonyl (C=O) groups excluding carboxylic acids is 2. The van der Waals surface area contributed by atoms with Crippen molar-refractivity contribution in [1.29, 1.82) is 0 Å². The minimum Gasteiger partial charge on any atom is -0.490 e. The van der Waals surface area contributed by atoms with E-state index in [1.807, 2.05) is 66.4 Å². The average molecular weight is 516 g/mol. The fraction of sp³-hybridized carbons (Fsp3) is 0.433. The Morgan fingerprint density at radius 3 is 2.18 bits per heavy atom. The monoisotopic (exact) mass is 515 g/mol. The van der Waals surface area contributed by atoms with Crippen molar-refractivity contribution >= 4 is 23.4 Å². The number of amides is 3. The van der Waals surface area contributed by atoms with Gasteiger partial charge >= 0.3 is 6.03 Å². The number of nitrogens with one attached hydrogen (secondary N) is 2. The number of hydrogen-bond donors (Lipinski definition) is 2. The molecule has 1 aliphatic carbocycles. The first-order chi connectivity index (χ1) is 18.2. The van der Waals surface area contributed by atoms with Gasteiger partial charge in [0, 0.05) is 49.0 Å². The molecule has 0 atom stereocenters. The summed E-state index contributed by atoms with van der Waals surface area (Å²) in [6.45, 7) is 9.85. The standard InChI is InChI=1S/C30H37N5O3/c1-20-5-11-23(12-6-20)35-27(19-26(33-35)30(2,3)4)32-29(37)31-22-9-13-24(14-10-22)38-25-15-17-34(18-16-25)28(36)21-7-8-21/h5-6,9-14,19,21,25H,7-8,15-18H2,1-4H3,(H2,31,32,37). The van der Waals surface area contributed by atoms with Crippen LogP contribution in [0.5, 0.6) is 5.75 Å². The van der Waals surface area contributed by atoms with Crippen LogP contribution in [0.4, 0.5) is 16.3 Å². The third-order valence-corrected chi connectivity index (χ3v) is 7.09. The maximum Gasteiger partial charge on any atom is 0.324 e. The summed E-state index contributed by atoms with van der Waals surface area (Å²) in [5, 5.41) is 10.6. The minimum atomic E-state index is -0.347. The fourth-order valence-electron chi connectivity index (χ4n) is 4.59. The van der Waals surface area contributed by atoms with Crippen LogP contribution in [0.2, 0.25) is 0 Å². The van der Waals surface area contributed by atoms with Gasteiger partial charge in [-0.05, 0) is 56.2 Å². The van der Waals surface area contributed by atoms with E-state index < -0.39 is 0 Å². The summed E-state index contributed by atoms with van der Waals surface area (Å²) in [6, 6.07) is 17.0. The van der Waals surface area contributed by atoms with Crippen molar-refractivity contribution in [1.82, 2.24) is 14.7 Å². The van der Waals surface area contributed by atoms with Crippen molar-refractivity contribution in [2.75, 3.05) is 23.7 Å². The molecule has 200 valence electrons. The zero-order chi connectivity index (χ0) is 26.9. The lowest BCUT2D eigenvalue weighted by molar-refractivity contribution is -0.134. The van der Waals surface area contributed by atoms with Gasteiger partial charge in [0.2, 0.25) is 5.91 Å². The Morgan fingerprint density at radius 1 is 0.921 bits per heavy atom. The number of rotatable bonds is 6. The third-order valence-electron chi connectivity index (χ3n) is 7.09. The summed E-state index contributed by atoms with van der Waals surface area (Å²) >= 11 is 0. The molecule has 8 heteroatoms. The molecule has 0 unspecified atom stereocenters. The van der Waals surface area contributed by atoms with Gasteiger partial charge in [0.05, 0.1) is 11.4 Å². The number of piperidine rings is 1. The second-order valence-corrected chi connectivity index (χ2v) is 11.4. The summed E-state index contributed by atoms with van der Waals surface area (Å²) in [6.07, 6.45) is 3.86. The van der Waals surface area contributed by atoms with Crippen molar-refractivity contribution < 1.29 is 14.3 Å². The van der Waals surface area contributed by atoms with Crippen LogP contribution in [0.1, 0.15) is 57.7 Å². The predicted molar refractivity (Wildman–Crippen MR) is 149 cm³/mol. The summed E-state index contributed by atoms with van der Waals surface area (Å²) < 4.78 is 7.91. The summed E-state index contributed by atoms with van der Waals surface area (Å²) in [7, 11) is 0. The van der Waals surface area contributed by atoms with Crippen LogP contribution in [0.3, 0.4) is 0 Å². The van der Waals surface area contributed by atoms with E-state index in [0.717, 1.165) is 61.5 Å². The van der Waals surface area contributed by atoms with Crippen LogP contribution in [-0.4, -0.2) is 45.8 Å². The second kappa shape index (κ2) is 10.5. The molecule has 1 aromatic heterocycles. The highest BCUT2D eigenvalue weighted by molar-refractivity contribution is 5.99. The molecule has 0 bridgehead atoms. The fourth-order valence-corrected chi connectivity index (χ4v) is 4.59. The van der Waals surface area contributed by atoms with Gasteiger partial charge in [-0.25, -0.2) is 9.48 Å². The van der Waals surface area contributed by atoms with Crippen LogP contribution in [0.25, 0.3) is 5.69 Å². The van der Waals surface area contributed by atoms with Crippen molar-refractivity contribution in [3.63, 3.8) is 0 Å². The van der Waals surface area contributed by atoms with Gasteiger partial charge in [0.15, 0.2) is 0 Å². The zero-order valence-corrected chi connectivity index (χ0v) is 22.7. The van der Waals surface area contributed by atoms with E-state index in [-0.39, 0.29) is 23.5 Å². The molecule has 2 aliphatic rings. The van der Waals surface area contributed by atoms with Crippen molar-refractivity contribution in [3.05, 3.63) is 65.9 Å². The van der Waals surface area contributed by atoms with Gasteiger partial charge in [-0.3, -0.25) is 10.1 Å². The Bertz CT molecular complexity index is 1280. The maximum atomic E-state index is 12.9. The van der Waals surface area contributed by atoms with Gasteiger partial charge in [-0.2, -0.15) is 5.10 Å². The Hall–Kier alpha value is -3.81. The SMILES string of the molecule is Cc1ccc(-n2nc(C(C)(C)C)cc2NC(=O)Nc2ccc(OC3CCN(C(=O)C4CC4)CC3)cc2)cc1. The number of hydrogen-bond acceptors (Lipinski definition) is 4. The van der Waals surface area contributed by atoms with E-state index in [0.29, 0.717) is 17.4 Å². The molecule has 2 fully saturated rings. The normalized spacial score (nSPS) is 16.3. The minimum absolute atomic E-state index is 0.0967. The summed E-state index contributed by atoms with van der Waals surface area (Å²) in [5.41, 5.74) is 3.42. The van der Waals surface area contributed by atoms with Crippen molar-refractivity contribution in [3.8, 4) is 11.4 Å². The second-order valence-electron chi connectivity index (χ2n) is 11.4. The topological polar surface area (TPSA) is 88.5 Å².